The Kier molecular flexibility index (Phi) is 2.99. The van der Waals surface area contributed by atoms with Gasteiger partial charge in [-0.3, -0.25) is 18.7 Å². The van der Waals surface area contributed by atoms with Gasteiger partial charge in [-0.2, -0.15) is 0 Å². The fourth-order valence-electron chi connectivity index (χ4n) is 1.91. The maximum absolute atomic E-state index is 12.0. The number of aromatic nitrogens is 2. The van der Waals surface area contributed by atoms with Gasteiger partial charge in [0.25, 0.3) is 0 Å². The molecule has 0 aliphatic heterocycles. The van der Waals surface area contributed by atoms with Crippen molar-refractivity contribution in [2.75, 3.05) is 5.73 Å². The molecule has 0 spiro atoms. The summed E-state index contributed by atoms with van der Waals surface area (Å²) in [5, 5.41) is 17.6. The number of aliphatic carboxylic acids is 2. The van der Waals surface area contributed by atoms with E-state index in [0.29, 0.717) is 16.7 Å². The molecule has 1 aromatic carbocycles. The first kappa shape index (κ1) is 12.7. The number of benzene rings is 1. The van der Waals surface area contributed by atoms with Gasteiger partial charge in [0.15, 0.2) is 0 Å². The predicted octanol–water partition coefficient (Wildman–Crippen LogP) is -0.446. The van der Waals surface area contributed by atoms with Gasteiger partial charge >= 0.3 is 17.6 Å². The van der Waals surface area contributed by atoms with Crippen molar-refractivity contribution in [3.8, 4) is 0 Å². The number of hydrogen-bond donors (Lipinski definition) is 3. The second-order valence-electron chi connectivity index (χ2n) is 3.99. The van der Waals surface area contributed by atoms with Crippen molar-refractivity contribution in [3.05, 3.63) is 28.7 Å². The van der Waals surface area contributed by atoms with Crippen LogP contribution in [0.2, 0.25) is 0 Å². The summed E-state index contributed by atoms with van der Waals surface area (Å²) in [4.78, 5) is 33.5. The SMILES string of the molecule is Nc1ccc2c(c1)n(CC(=O)O)c(=O)n2CC(=O)O. The molecule has 1 heterocycles. The number of fused-ring (bicyclic) bond motifs is 1. The second-order valence-corrected chi connectivity index (χ2v) is 3.99. The molecule has 2 rings (SSSR count). The first-order valence-electron chi connectivity index (χ1n) is 5.32. The number of nitrogen functional groups attached to an aromatic ring is 1. The zero-order valence-electron chi connectivity index (χ0n) is 9.74. The molecule has 100 valence electrons. The largest absolute Gasteiger partial charge is 0.480 e. The molecule has 0 saturated carbocycles. The molecular formula is C11H11N3O5. The number of imidazole rings is 1. The van der Waals surface area contributed by atoms with Gasteiger partial charge in [-0.05, 0) is 18.2 Å². The summed E-state index contributed by atoms with van der Waals surface area (Å²) in [5.41, 5.74) is 5.90. The van der Waals surface area contributed by atoms with E-state index in [2.05, 4.69) is 0 Å². The average molecular weight is 265 g/mol. The van der Waals surface area contributed by atoms with Crippen molar-refractivity contribution in [1.29, 1.82) is 0 Å². The Balaban J connectivity index is 2.75. The highest BCUT2D eigenvalue weighted by atomic mass is 16.4. The van der Waals surface area contributed by atoms with Crippen molar-refractivity contribution in [2.45, 2.75) is 13.1 Å². The van der Waals surface area contributed by atoms with Crippen molar-refractivity contribution >= 4 is 28.7 Å². The normalized spacial score (nSPS) is 10.7. The number of anilines is 1. The van der Waals surface area contributed by atoms with Crippen molar-refractivity contribution < 1.29 is 19.8 Å². The fourth-order valence-corrected chi connectivity index (χ4v) is 1.91. The van der Waals surface area contributed by atoms with Gasteiger partial charge in [-0.25, -0.2) is 4.79 Å². The van der Waals surface area contributed by atoms with E-state index in [1.807, 2.05) is 0 Å². The van der Waals surface area contributed by atoms with Crippen LogP contribution in [0, 0.1) is 0 Å². The lowest BCUT2D eigenvalue weighted by Crippen LogP contribution is -2.28. The van der Waals surface area contributed by atoms with E-state index < -0.39 is 30.7 Å². The third kappa shape index (κ3) is 2.28. The number of carbonyl (C=O) groups is 2. The third-order valence-electron chi connectivity index (χ3n) is 2.63. The van der Waals surface area contributed by atoms with E-state index in [1.54, 1.807) is 0 Å². The van der Waals surface area contributed by atoms with Gasteiger partial charge in [0.05, 0.1) is 11.0 Å². The summed E-state index contributed by atoms with van der Waals surface area (Å²) >= 11 is 0. The van der Waals surface area contributed by atoms with E-state index in [1.165, 1.54) is 18.2 Å². The molecule has 4 N–H and O–H groups in total. The van der Waals surface area contributed by atoms with Gasteiger partial charge in [-0.15, -0.1) is 0 Å². The Labute approximate surface area is 106 Å². The Hall–Kier alpha value is -2.77. The van der Waals surface area contributed by atoms with Gasteiger partial charge in [-0.1, -0.05) is 0 Å². The average Bonchev–Trinajstić information content (AvgIpc) is 2.53. The van der Waals surface area contributed by atoms with Crippen LogP contribution in [0.15, 0.2) is 23.0 Å². The van der Waals surface area contributed by atoms with Crippen LogP contribution in [0.25, 0.3) is 11.0 Å². The Morgan fingerprint density at radius 1 is 1.05 bits per heavy atom. The topological polar surface area (TPSA) is 128 Å². The molecule has 0 amide bonds. The number of nitrogens with zero attached hydrogens (tertiary/aromatic N) is 2. The number of carboxylic acids is 2. The first-order valence-corrected chi connectivity index (χ1v) is 5.32. The molecule has 0 aliphatic carbocycles. The molecule has 0 bridgehead atoms. The monoisotopic (exact) mass is 265 g/mol. The second kappa shape index (κ2) is 4.48. The lowest BCUT2D eigenvalue weighted by Gasteiger charge is -1.99. The molecule has 8 heteroatoms. The molecule has 0 fully saturated rings. The van der Waals surface area contributed by atoms with Crippen LogP contribution in [-0.2, 0) is 22.7 Å². The zero-order chi connectivity index (χ0) is 14.2. The maximum atomic E-state index is 12.0. The lowest BCUT2D eigenvalue weighted by atomic mass is 10.2. The van der Waals surface area contributed by atoms with Gasteiger partial charge in [0.2, 0.25) is 0 Å². The van der Waals surface area contributed by atoms with Crippen LogP contribution in [0.3, 0.4) is 0 Å². The van der Waals surface area contributed by atoms with Gasteiger partial charge < -0.3 is 15.9 Å². The summed E-state index contributed by atoms with van der Waals surface area (Å²) in [7, 11) is 0. The van der Waals surface area contributed by atoms with Crippen molar-refractivity contribution in [3.63, 3.8) is 0 Å². The minimum Gasteiger partial charge on any atom is -0.480 e. The Bertz CT molecular complexity index is 728. The van der Waals surface area contributed by atoms with Crippen LogP contribution in [0.4, 0.5) is 5.69 Å². The zero-order valence-corrected chi connectivity index (χ0v) is 9.74. The smallest absolute Gasteiger partial charge is 0.330 e. The van der Waals surface area contributed by atoms with Crippen LogP contribution < -0.4 is 11.4 Å². The van der Waals surface area contributed by atoms with Gasteiger partial charge in [0, 0.05) is 5.69 Å². The van der Waals surface area contributed by atoms with E-state index in [4.69, 9.17) is 15.9 Å². The van der Waals surface area contributed by atoms with Crippen LogP contribution in [-0.4, -0.2) is 31.3 Å². The quantitative estimate of drug-likeness (QED) is 0.643. The molecule has 1 aromatic heterocycles. The maximum Gasteiger partial charge on any atom is 0.330 e. The first-order chi connectivity index (χ1) is 8.90. The molecule has 19 heavy (non-hydrogen) atoms. The van der Waals surface area contributed by atoms with E-state index in [-0.39, 0.29) is 0 Å². The molecule has 0 unspecified atom stereocenters. The standard InChI is InChI=1S/C11H11N3O5/c12-6-1-2-7-8(3-6)14(5-10(17)18)11(19)13(7)4-9(15)16/h1-3H,4-5,12H2,(H,15,16)(H,17,18). The highest BCUT2D eigenvalue weighted by Gasteiger charge is 2.16. The molecule has 0 radical (unpaired) electrons. The molecule has 0 aliphatic rings. The third-order valence-corrected chi connectivity index (χ3v) is 2.63. The summed E-state index contributed by atoms with van der Waals surface area (Å²) < 4.78 is 1.98. The summed E-state index contributed by atoms with van der Waals surface area (Å²) in [6, 6.07) is 4.45. The van der Waals surface area contributed by atoms with E-state index in [9.17, 15) is 14.4 Å². The minimum absolute atomic E-state index is 0.300. The molecular weight excluding hydrogens is 254 g/mol. The van der Waals surface area contributed by atoms with Crippen molar-refractivity contribution in [2.24, 2.45) is 0 Å². The Morgan fingerprint density at radius 2 is 1.58 bits per heavy atom. The fraction of sp³-hybridized carbons (Fsp3) is 0.182. The summed E-state index contributed by atoms with van der Waals surface area (Å²) in [6.45, 7) is -1.09. The molecule has 2 aromatic rings. The minimum atomic E-state index is -1.20. The summed E-state index contributed by atoms with van der Waals surface area (Å²) in [6.07, 6.45) is 0. The number of nitrogens with two attached hydrogens (primary N) is 1. The summed E-state index contributed by atoms with van der Waals surface area (Å²) in [5.74, 6) is -2.38. The van der Waals surface area contributed by atoms with Crippen molar-refractivity contribution in [1.82, 2.24) is 9.13 Å². The molecule has 8 nitrogen and oxygen atoms in total. The molecule has 0 atom stereocenters. The van der Waals surface area contributed by atoms with E-state index in [0.717, 1.165) is 9.13 Å². The highest BCUT2D eigenvalue weighted by Crippen LogP contribution is 2.16. The van der Waals surface area contributed by atoms with Crippen LogP contribution in [0.1, 0.15) is 0 Å². The number of hydrogen-bond acceptors (Lipinski definition) is 4. The predicted molar refractivity (Wildman–Crippen MR) is 65.9 cm³/mol. The van der Waals surface area contributed by atoms with Crippen LogP contribution in [0.5, 0.6) is 0 Å². The number of carboxylic acid groups (broad SMARTS) is 2. The van der Waals surface area contributed by atoms with Crippen LogP contribution >= 0.6 is 0 Å². The number of rotatable bonds is 4. The lowest BCUT2D eigenvalue weighted by molar-refractivity contribution is -0.138. The molecule has 0 saturated heterocycles. The van der Waals surface area contributed by atoms with E-state index >= 15 is 0 Å². The highest BCUT2D eigenvalue weighted by molar-refractivity contribution is 5.82. The Morgan fingerprint density at radius 3 is 2.11 bits per heavy atom. The van der Waals surface area contributed by atoms with Gasteiger partial charge in [0.1, 0.15) is 13.1 Å².